The van der Waals surface area contributed by atoms with Crippen LogP contribution in [0.25, 0.3) is 5.82 Å². The highest BCUT2D eigenvalue weighted by Gasteiger charge is 2.03. The fourth-order valence-corrected chi connectivity index (χ4v) is 2.76. The summed E-state index contributed by atoms with van der Waals surface area (Å²) in [6, 6.07) is 11.9. The first kappa shape index (κ1) is 17.9. The van der Waals surface area contributed by atoms with Gasteiger partial charge in [-0.05, 0) is 35.7 Å². The molecule has 6 nitrogen and oxygen atoms in total. The van der Waals surface area contributed by atoms with Gasteiger partial charge in [0.1, 0.15) is 12.1 Å². The SMILES string of the molecule is CN=C(NCCc1ccccc1Cl)NCc1ccnc(-n2ccnc2)c1. The van der Waals surface area contributed by atoms with Crippen molar-refractivity contribution in [1.29, 1.82) is 0 Å². The molecule has 0 spiro atoms. The van der Waals surface area contributed by atoms with Gasteiger partial charge in [-0.2, -0.15) is 0 Å². The highest BCUT2D eigenvalue weighted by molar-refractivity contribution is 6.31. The number of pyridine rings is 1. The largest absolute Gasteiger partial charge is 0.356 e. The monoisotopic (exact) mass is 368 g/mol. The van der Waals surface area contributed by atoms with Gasteiger partial charge in [0.15, 0.2) is 5.96 Å². The lowest BCUT2D eigenvalue weighted by molar-refractivity contribution is 0.793. The second-order valence-electron chi connectivity index (χ2n) is 5.69. The molecule has 26 heavy (non-hydrogen) atoms. The number of nitrogens with zero attached hydrogens (tertiary/aromatic N) is 4. The smallest absolute Gasteiger partial charge is 0.191 e. The van der Waals surface area contributed by atoms with Crippen molar-refractivity contribution in [3.8, 4) is 5.82 Å². The van der Waals surface area contributed by atoms with Gasteiger partial charge in [-0.3, -0.25) is 9.56 Å². The quantitative estimate of drug-likeness (QED) is 0.518. The van der Waals surface area contributed by atoms with E-state index in [1.807, 2.05) is 47.2 Å². The number of benzene rings is 1. The number of nitrogens with one attached hydrogen (secondary N) is 2. The summed E-state index contributed by atoms with van der Waals surface area (Å²) in [5.41, 5.74) is 2.23. The van der Waals surface area contributed by atoms with Crippen LogP contribution in [0, 0.1) is 0 Å². The van der Waals surface area contributed by atoms with Gasteiger partial charge in [0.25, 0.3) is 0 Å². The average Bonchev–Trinajstić information content (AvgIpc) is 3.21. The summed E-state index contributed by atoms with van der Waals surface area (Å²) in [6.07, 6.45) is 7.96. The van der Waals surface area contributed by atoms with Gasteiger partial charge in [0, 0.05) is 43.8 Å². The number of imidazole rings is 1. The Labute approximate surface area is 158 Å². The maximum Gasteiger partial charge on any atom is 0.191 e. The van der Waals surface area contributed by atoms with Crippen LogP contribution < -0.4 is 10.6 Å². The molecule has 3 aromatic rings. The van der Waals surface area contributed by atoms with Crippen LogP contribution in [0.5, 0.6) is 0 Å². The number of hydrogen-bond donors (Lipinski definition) is 2. The lowest BCUT2D eigenvalue weighted by atomic mass is 10.1. The van der Waals surface area contributed by atoms with Crippen LogP contribution in [0.2, 0.25) is 5.02 Å². The van der Waals surface area contributed by atoms with Crippen LogP contribution >= 0.6 is 11.6 Å². The molecule has 1 aromatic carbocycles. The lowest BCUT2D eigenvalue weighted by Crippen LogP contribution is -2.37. The van der Waals surface area contributed by atoms with Crippen molar-refractivity contribution in [3.05, 3.63) is 77.5 Å². The van der Waals surface area contributed by atoms with Crippen LogP contribution in [0.4, 0.5) is 0 Å². The van der Waals surface area contributed by atoms with Gasteiger partial charge in [0.2, 0.25) is 0 Å². The average molecular weight is 369 g/mol. The van der Waals surface area contributed by atoms with Crippen molar-refractivity contribution in [2.24, 2.45) is 4.99 Å². The minimum absolute atomic E-state index is 0.649. The third-order valence-corrected chi connectivity index (χ3v) is 4.28. The summed E-state index contributed by atoms with van der Waals surface area (Å²) in [7, 11) is 1.76. The fraction of sp³-hybridized carbons (Fsp3) is 0.211. The van der Waals surface area contributed by atoms with Gasteiger partial charge in [-0.1, -0.05) is 29.8 Å². The van der Waals surface area contributed by atoms with Crippen molar-refractivity contribution in [1.82, 2.24) is 25.2 Å². The van der Waals surface area contributed by atoms with Gasteiger partial charge in [0.05, 0.1) is 0 Å². The summed E-state index contributed by atoms with van der Waals surface area (Å²) in [5.74, 6) is 1.58. The molecule has 7 heteroatoms. The summed E-state index contributed by atoms with van der Waals surface area (Å²) in [4.78, 5) is 12.7. The normalized spacial score (nSPS) is 11.4. The van der Waals surface area contributed by atoms with E-state index in [1.165, 1.54) is 0 Å². The fourth-order valence-electron chi connectivity index (χ4n) is 2.53. The van der Waals surface area contributed by atoms with Crippen molar-refractivity contribution < 1.29 is 0 Å². The van der Waals surface area contributed by atoms with Gasteiger partial charge >= 0.3 is 0 Å². The third kappa shape index (κ3) is 4.83. The molecule has 0 aliphatic carbocycles. The van der Waals surface area contributed by atoms with E-state index in [-0.39, 0.29) is 0 Å². The Kier molecular flexibility index (Phi) is 6.22. The summed E-state index contributed by atoms with van der Waals surface area (Å²) < 4.78 is 1.88. The first-order valence-corrected chi connectivity index (χ1v) is 8.75. The number of rotatable bonds is 6. The zero-order valence-corrected chi connectivity index (χ0v) is 15.3. The third-order valence-electron chi connectivity index (χ3n) is 3.91. The van der Waals surface area contributed by atoms with Crippen LogP contribution in [-0.4, -0.2) is 34.1 Å². The van der Waals surface area contributed by atoms with Crippen molar-refractivity contribution in [2.45, 2.75) is 13.0 Å². The van der Waals surface area contributed by atoms with Crippen molar-refractivity contribution in [3.63, 3.8) is 0 Å². The second kappa shape index (κ2) is 9.01. The van der Waals surface area contributed by atoms with E-state index in [0.29, 0.717) is 6.54 Å². The maximum atomic E-state index is 6.19. The van der Waals surface area contributed by atoms with Crippen LogP contribution in [-0.2, 0) is 13.0 Å². The van der Waals surface area contributed by atoms with E-state index in [0.717, 1.165) is 40.9 Å². The number of halogens is 1. The molecule has 2 N–H and O–H groups in total. The molecular formula is C19H21ClN6. The van der Waals surface area contributed by atoms with E-state index >= 15 is 0 Å². The van der Waals surface area contributed by atoms with Crippen LogP contribution in [0.15, 0.2) is 66.3 Å². The zero-order valence-electron chi connectivity index (χ0n) is 14.6. The molecule has 134 valence electrons. The van der Waals surface area contributed by atoms with Crippen LogP contribution in [0.3, 0.4) is 0 Å². The lowest BCUT2D eigenvalue weighted by Gasteiger charge is -2.13. The first-order chi connectivity index (χ1) is 12.8. The summed E-state index contributed by atoms with van der Waals surface area (Å²) >= 11 is 6.19. The number of hydrogen-bond acceptors (Lipinski definition) is 3. The predicted octanol–water partition coefficient (Wildman–Crippen LogP) is 2.83. The minimum Gasteiger partial charge on any atom is -0.356 e. The van der Waals surface area contributed by atoms with Gasteiger partial charge < -0.3 is 10.6 Å². The van der Waals surface area contributed by atoms with Gasteiger partial charge in [-0.25, -0.2) is 9.97 Å². The molecule has 0 fully saturated rings. The molecule has 0 bridgehead atoms. The Balaban J connectivity index is 1.51. The predicted molar refractivity (Wildman–Crippen MR) is 105 cm³/mol. The molecule has 0 saturated heterocycles. The zero-order chi connectivity index (χ0) is 18.2. The molecule has 0 aliphatic rings. The molecule has 3 rings (SSSR count). The molecule has 0 radical (unpaired) electrons. The standard InChI is InChI=1S/C19H21ClN6/c1-21-19(24-9-7-16-4-2-3-5-17(16)20)25-13-15-6-8-23-18(12-15)26-11-10-22-14-26/h2-6,8,10-12,14H,7,9,13H2,1H3,(H2,21,24,25). The Morgan fingerprint density at radius 2 is 2.08 bits per heavy atom. The maximum absolute atomic E-state index is 6.19. The van der Waals surface area contributed by atoms with E-state index < -0.39 is 0 Å². The minimum atomic E-state index is 0.649. The molecular weight excluding hydrogens is 348 g/mol. The molecule has 0 atom stereocenters. The molecule has 0 unspecified atom stereocenters. The van der Waals surface area contributed by atoms with Crippen LogP contribution in [0.1, 0.15) is 11.1 Å². The summed E-state index contributed by atoms with van der Waals surface area (Å²) in [6.45, 7) is 1.40. The first-order valence-electron chi connectivity index (χ1n) is 8.37. The Morgan fingerprint density at radius 3 is 2.85 bits per heavy atom. The number of aromatic nitrogens is 3. The van der Waals surface area contributed by atoms with E-state index in [9.17, 15) is 0 Å². The second-order valence-corrected chi connectivity index (χ2v) is 6.09. The van der Waals surface area contributed by atoms with E-state index in [1.54, 1.807) is 25.8 Å². The summed E-state index contributed by atoms with van der Waals surface area (Å²) in [5, 5.41) is 7.41. The topological polar surface area (TPSA) is 67.1 Å². The van der Waals surface area contributed by atoms with E-state index in [4.69, 9.17) is 11.6 Å². The highest BCUT2D eigenvalue weighted by Crippen LogP contribution is 2.14. The van der Waals surface area contributed by atoms with Crippen molar-refractivity contribution in [2.75, 3.05) is 13.6 Å². The van der Waals surface area contributed by atoms with E-state index in [2.05, 4.69) is 25.6 Å². The number of aliphatic imine (C=N–C) groups is 1. The molecule has 2 heterocycles. The number of guanidine groups is 1. The van der Waals surface area contributed by atoms with Gasteiger partial charge in [-0.15, -0.1) is 0 Å². The molecule has 0 amide bonds. The molecule has 0 aliphatic heterocycles. The highest BCUT2D eigenvalue weighted by atomic mass is 35.5. The Morgan fingerprint density at radius 1 is 1.19 bits per heavy atom. The Bertz CT molecular complexity index is 860. The Hall–Kier alpha value is -2.86. The molecule has 0 saturated carbocycles. The molecule has 2 aromatic heterocycles. The van der Waals surface area contributed by atoms with Crippen molar-refractivity contribution >= 4 is 17.6 Å².